The summed E-state index contributed by atoms with van der Waals surface area (Å²) in [6.45, 7) is 4.94. The third kappa shape index (κ3) is 4.21. The van der Waals surface area contributed by atoms with Gasteiger partial charge in [-0.3, -0.25) is 4.79 Å². The van der Waals surface area contributed by atoms with Crippen LogP contribution in [-0.2, 0) is 11.3 Å². The van der Waals surface area contributed by atoms with Crippen LogP contribution in [0.1, 0.15) is 38.7 Å². The van der Waals surface area contributed by atoms with Crippen molar-refractivity contribution in [2.45, 2.75) is 45.7 Å². The molecule has 1 aliphatic rings. The summed E-state index contributed by atoms with van der Waals surface area (Å²) in [7, 11) is 0. The highest BCUT2D eigenvalue weighted by atomic mass is 16.5. The second kappa shape index (κ2) is 7.46. The van der Waals surface area contributed by atoms with E-state index in [1.165, 1.54) is 12.8 Å². The number of ether oxygens (including phenoxy) is 1. The number of hydrogen-bond acceptors (Lipinski definition) is 3. The van der Waals surface area contributed by atoms with Gasteiger partial charge in [-0.1, -0.05) is 44.9 Å². The van der Waals surface area contributed by atoms with Crippen LogP contribution < -0.4 is 15.8 Å². The van der Waals surface area contributed by atoms with Crippen molar-refractivity contribution in [2.75, 3.05) is 6.61 Å². The van der Waals surface area contributed by atoms with Gasteiger partial charge in [0, 0.05) is 18.2 Å². The van der Waals surface area contributed by atoms with Gasteiger partial charge in [0.15, 0.2) is 6.61 Å². The van der Waals surface area contributed by atoms with Gasteiger partial charge in [0.1, 0.15) is 5.75 Å². The first-order chi connectivity index (χ1) is 10.1. The first-order valence-electron chi connectivity index (χ1n) is 7.82. The van der Waals surface area contributed by atoms with Crippen LogP contribution in [0.3, 0.4) is 0 Å². The average Bonchev–Trinajstić information content (AvgIpc) is 2.50. The minimum atomic E-state index is -0.0484. The maximum Gasteiger partial charge on any atom is 0.258 e. The monoisotopic (exact) mass is 290 g/mol. The van der Waals surface area contributed by atoms with Crippen LogP contribution in [-0.4, -0.2) is 18.6 Å². The number of nitrogens with one attached hydrogen (secondary N) is 1. The standard InChI is InChI=1S/C17H26N2O2/c1-12-6-5-8-15(13(12)2)19-17(20)11-21-16-9-4-3-7-14(16)10-18/h3-4,7,9,12-13,15H,5-6,8,10-11,18H2,1-2H3,(H,19,20). The van der Waals surface area contributed by atoms with E-state index in [9.17, 15) is 4.79 Å². The minimum Gasteiger partial charge on any atom is -0.483 e. The Labute approximate surface area is 127 Å². The second-order valence-electron chi connectivity index (χ2n) is 6.04. The van der Waals surface area contributed by atoms with Crippen LogP contribution in [0.2, 0.25) is 0 Å². The van der Waals surface area contributed by atoms with Gasteiger partial charge < -0.3 is 15.8 Å². The number of carbonyl (C=O) groups is 1. The zero-order valence-electron chi connectivity index (χ0n) is 13.0. The summed E-state index contributed by atoms with van der Waals surface area (Å²) in [4.78, 5) is 12.1. The largest absolute Gasteiger partial charge is 0.483 e. The Morgan fingerprint density at radius 1 is 1.33 bits per heavy atom. The molecule has 0 saturated heterocycles. The van der Waals surface area contributed by atoms with E-state index in [2.05, 4.69) is 19.2 Å². The van der Waals surface area contributed by atoms with Crippen molar-refractivity contribution in [1.29, 1.82) is 0 Å². The third-order valence-corrected chi connectivity index (χ3v) is 4.60. The molecule has 3 atom stereocenters. The molecule has 0 spiro atoms. The maximum atomic E-state index is 12.1. The molecule has 2 rings (SSSR count). The van der Waals surface area contributed by atoms with Crippen molar-refractivity contribution >= 4 is 5.91 Å². The predicted molar refractivity (Wildman–Crippen MR) is 83.9 cm³/mol. The molecular weight excluding hydrogens is 264 g/mol. The molecule has 1 aromatic rings. The summed E-state index contributed by atoms with van der Waals surface area (Å²) in [5.74, 6) is 1.84. The van der Waals surface area contributed by atoms with Gasteiger partial charge in [0.05, 0.1) is 0 Å². The summed E-state index contributed by atoms with van der Waals surface area (Å²) in [5.41, 5.74) is 6.58. The van der Waals surface area contributed by atoms with Gasteiger partial charge in [-0.2, -0.15) is 0 Å². The quantitative estimate of drug-likeness (QED) is 0.875. The summed E-state index contributed by atoms with van der Waals surface area (Å²) in [5, 5.41) is 3.11. The van der Waals surface area contributed by atoms with Crippen LogP contribution in [0.15, 0.2) is 24.3 Å². The topological polar surface area (TPSA) is 64.3 Å². The second-order valence-corrected chi connectivity index (χ2v) is 6.04. The summed E-state index contributed by atoms with van der Waals surface area (Å²) < 4.78 is 5.60. The van der Waals surface area contributed by atoms with E-state index in [0.29, 0.717) is 24.1 Å². The van der Waals surface area contributed by atoms with E-state index >= 15 is 0 Å². The molecule has 0 radical (unpaired) electrons. The Morgan fingerprint density at radius 3 is 2.86 bits per heavy atom. The number of rotatable bonds is 5. The Bertz CT molecular complexity index is 476. The third-order valence-electron chi connectivity index (χ3n) is 4.60. The molecule has 0 bridgehead atoms. The first kappa shape index (κ1) is 15.8. The average molecular weight is 290 g/mol. The van der Waals surface area contributed by atoms with Crippen LogP contribution in [0, 0.1) is 11.8 Å². The van der Waals surface area contributed by atoms with E-state index < -0.39 is 0 Å². The molecule has 1 saturated carbocycles. The van der Waals surface area contributed by atoms with E-state index in [0.717, 1.165) is 12.0 Å². The maximum absolute atomic E-state index is 12.1. The van der Waals surface area contributed by atoms with Gasteiger partial charge in [0.2, 0.25) is 0 Å². The number of nitrogens with two attached hydrogens (primary N) is 1. The van der Waals surface area contributed by atoms with Crippen molar-refractivity contribution in [2.24, 2.45) is 17.6 Å². The van der Waals surface area contributed by atoms with Crippen LogP contribution >= 0.6 is 0 Å². The number of hydrogen-bond donors (Lipinski definition) is 2. The van der Waals surface area contributed by atoms with Crippen LogP contribution in [0.4, 0.5) is 0 Å². The molecule has 3 N–H and O–H groups in total. The van der Waals surface area contributed by atoms with Gasteiger partial charge >= 0.3 is 0 Å². The highest BCUT2D eigenvalue weighted by molar-refractivity contribution is 5.77. The minimum absolute atomic E-state index is 0.0484. The number of amides is 1. The molecule has 4 nitrogen and oxygen atoms in total. The zero-order valence-corrected chi connectivity index (χ0v) is 13.0. The van der Waals surface area contributed by atoms with Crippen molar-refractivity contribution in [3.63, 3.8) is 0 Å². The highest BCUT2D eigenvalue weighted by Crippen LogP contribution is 2.29. The van der Waals surface area contributed by atoms with E-state index in [1.54, 1.807) is 0 Å². The fourth-order valence-corrected chi connectivity index (χ4v) is 2.99. The van der Waals surface area contributed by atoms with E-state index in [-0.39, 0.29) is 18.6 Å². The number of para-hydroxylation sites is 1. The first-order valence-corrected chi connectivity index (χ1v) is 7.82. The lowest BCUT2D eigenvalue weighted by Gasteiger charge is -2.34. The summed E-state index contributed by atoms with van der Waals surface area (Å²) in [6, 6.07) is 7.84. The smallest absolute Gasteiger partial charge is 0.258 e. The van der Waals surface area contributed by atoms with Gasteiger partial charge in [-0.05, 0) is 24.3 Å². The van der Waals surface area contributed by atoms with Crippen molar-refractivity contribution in [3.8, 4) is 5.75 Å². The van der Waals surface area contributed by atoms with Crippen molar-refractivity contribution in [3.05, 3.63) is 29.8 Å². The van der Waals surface area contributed by atoms with Gasteiger partial charge in [-0.15, -0.1) is 0 Å². The van der Waals surface area contributed by atoms with Crippen LogP contribution in [0.25, 0.3) is 0 Å². The SMILES string of the molecule is CC1CCCC(NC(=O)COc2ccccc2CN)C1C. The lowest BCUT2D eigenvalue weighted by molar-refractivity contribution is -0.124. The Hall–Kier alpha value is -1.55. The molecule has 0 aromatic heterocycles. The Morgan fingerprint density at radius 2 is 2.10 bits per heavy atom. The van der Waals surface area contributed by atoms with Crippen molar-refractivity contribution < 1.29 is 9.53 Å². The predicted octanol–water partition coefficient (Wildman–Crippen LogP) is 2.46. The van der Waals surface area contributed by atoms with E-state index in [4.69, 9.17) is 10.5 Å². The molecule has 3 unspecified atom stereocenters. The molecule has 1 aliphatic carbocycles. The highest BCUT2D eigenvalue weighted by Gasteiger charge is 2.28. The van der Waals surface area contributed by atoms with Gasteiger partial charge in [-0.25, -0.2) is 0 Å². The lowest BCUT2D eigenvalue weighted by atomic mass is 9.78. The Balaban J connectivity index is 1.84. The normalized spacial score (nSPS) is 25.4. The zero-order chi connectivity index (χ0) is 15.2. The van der Waals surface area contributed by atoms with E-state index in [1.807, 2.05) is 24.3 Å². The fourth-order valence-electron chi connectivity index (χ4n) is 2.99. The molecule has 1 amide bonds. The molecule has 1 fully saturated rings. The molecule has 0 aliphatic heterocycles. The summed E-state index contributed by atoms with van der Waals surface area (Å²) in [6.07, 6.45) is 3.51. The van der Waals surface area contributed by atoms with Crippen molar-refractivity contribution in [1.82, 2.24) is 5.32 Å². The molecule has 21 heavy (non-hydrogen) atoms. The molecule has 1 aromatic carbocycles. The van der Waals surface area contributed by atoms with Crippen LogP contribution in [0.5, 0.6) is 5.75 Å². The fraction of sp³-hybridized carbons (Fsp3) is 0.588. The Kier molecular flexibility index (Phi) is 5.62. The summed E-state index contributed by atoms with van der Waals surface area (Å²) >= 11 is 0. The lowest BCUT2D eigenvalue weighted by Crippen LogP contribution is -2.45. The molecule has 116 valence electrons. The molecule has 0 heterocycles. The van der Waals surface area contributed by atoms with Gasteiger partial charge in [0.25, 0.3) is 5.91 Å². The molecule has 4 heteroatoms. The molecular formula is C17H26N2O2. The number of carbonyl (C=O) groups excluding carboxylic acids is 1. The number of benzene rings is 1.